The Morgan fingerprint density at radius 3 is 2.65 bits per heavy atom. The molecule has 1 atom stereocenters. The maximum atomic E-state index is 12.5. The molecule has 8 heteroatoms. The monoisotopic (exact) mass is 363 g/mol. The van der Waals surface area contributed by atoms with E-state index in [1.54, 1.807) is 13.2 Å². The van der Waals surface area contributed by atoms with Crippen LogP contribution in [0, 0.1) is 0 Å². The van der Waals surface area contributed by atoms with E-state index in [1.165, 1.54) is 24.5 Å². The van der Waals surface area contributed by atoms with E-state index in [0.29, 0.717) is 12.1 Å². The lowest BCUT2D eigenvalue weighted by Gasteiger charge is -2.28. The summed E-state index contributed by atoms with van der Waals surface area (Å²) in [5.41, 5.74) is -0.0952. The summed E-state index contributed by atoms with van der Waals surface area (Å²) in [6.45, 7) is 2.36. The van der Waals surface area contributed by atoms with E-state index in [2.05, 4.69) is 15.5 Å². The first kappa shape index (κ1) is 18.8. The minimum Gasteiger partial charge on any atom is -0.352 e. The van der Waals surface area contributed by atoms with Gasteiger partial charge in [0, 0.05) is 51.0 Å². The van der Waals surface area contributed by atoms with Gasteiger partial charge in [-0.1, -0.05) is 12.8 Å². The van der Waals surface area contributed by atoms with Gasteiger partial charge in [0.2, 0.25) is 5.91 Å². The lowest BCUT2D eigenvalue weighted by Crippen LogP contribution is -2.47. The molecule has 2 N–H and O–H groups in total. The number of carbonyl (C=O) groups excluding carboxylic acids is 1. The van der Waals surface area contributed by atoms with Gasteiger partial charge in [-0.15, -0.1) is 0 Å². The number of nitrogens with one attached hydrogen (secondary N) is 2. The van der Waals surface area contributed by atoms with Crippen molar-refractivity contribution in [3.63, 3.8) is 0 Å². The van der Waals surface area contributed by atoms with Crippen molar-refractivity contribution in [1.82, 2.24) is 24.7 Å². The van der Waals surface area contributed by atoms with Crippen molar-refractivity contribution in [2.45, 2.75) is 50.7 Å². The fourth-order valence-corrected chi connectivity index (χ4v) is 4.00. The highest BCUT2D eigenvalue weighted by Gasteiger charge is 2.27. The van der Waals surface area contributed by atoms with Crippen molar-refractivity contribution in [2.24, 2.45) is 14.1 Å². The normalized spacial score (nSPS) is 20.8. The van der Waals surface area contributed by atoms with Crippen LogP contribution in [0.5, 0.6) is 0 Å². The molecule has 1 aliphatic carbocycles. The third-order valence-corrected chi connectivity index (χ3v) is 5.51. The average molecular weight is 363 g/mol. The predicted octanol–water partition coefficient (Wildman–Crippen LogP) is -0.693. The highest BCUT2D eigenvalue weighted by molar-refractivity contribution is 5.78. The fraction of sp³-hybridized carbons (Fsp3) is 0.722. The Hall–Kier alpha value is -1.93. The Balaban J connectivity index is 1.75. The van der Waals surface area contributed by atoms with Crippen molar-refractivity contribution in [1.29, 1.82) is 0 Å². The first-order valence-electron chi connectivity index (χ1n) is 9.45. The van der Waals surface area contributed by atoms with Crippen LogP contribution in [-0.2, 0) is 25.4 Å². The first-order chi connectivity index (χ1) is 12.5. The van der Waals surface area contributed by atoms with Crippen LogP contribution < -0.4 is 21.9 Å². The molecule has 0 aromatic carbocycles. The molecule has 2 heterocycles. The lowest BCUT2D eigenvalue weighted by atomic mass is 10.2. The smallest absolute Gasteiger partial charge is 0.330 e. The number of hydrogen-bond acceptors (Lipinski definition) is 5. The minimum absolute atomic E-state index is 0.0189. The van der Waals surface area contributed by atoms with Gasteiger partial charge >= 0.3 is 5.69 Å². The van der Waals surface area contributed by atoms with Gasteiger partial charge in [-0.25, -0.2) is 4.79 Å². The Bertz CT molecular complexity index is 757. The van der Waals surface area contributed by atoms with E-state index in [9.17, 15) is 14.4 Å². The van der Waals surface area contributed by atoms with Gasteiger partial charge < -0.3 is 15.2 Å². The summed E-state index contributed by atoms with van der Waals surface area (Å²) in [7, 11) is 3.13. The second-order valence-corrected chi connectivity index (χ2v) is 7.51. The second kappa shape index (κ2) is 8.18. The number of nitrogens with zero attached hydrogens (tertiary/aromatic N) is 3. The van der Waals surface area contributed by atoms with Crippen LogP contribution in [0.15, 0.2) is 15.8 Å². The summed E-state index contributed by atoms with van der Waals surface area (Å²) in [4.78, 5) is 38.9. The standard InChI is InChI=1S/C18H29N5O3/c1-21-10-13(17(25)22(2)18(21)26)11-23(15-7-8-19-9-15)12-16(24)20-14-5-3-4-6-14/h10,14-15,19H,3-9,11-12H2,1-2H3,(H,20,24). The van der Waals surface area contributed by atoms with Crippen LogP contribution in [0.4, 0.5) is 0 Å². The molecule has 1 saturated carbocycles. The lowest BCUT2D eigenvalue weighted by molar-refractivity contribution is -0.123. The van der Waals surface area contributed by atoms with E-state index < -0.39 is 0 Å². The number of aromatic nitrogens is 2. The summed E-state index contributed by atoms with van der Waals surface area (Å²) in [5.74, 6) is 0.0189. The maximum Gasteiger partial charge on any atom is 0.330 e. The quantitative estimate of drug-likeness (QED) is 0.698. The van der Waals surface area contributed by atoms with E-state index in [4.69, 9.17) is 0 Å². The van der Waals surface area contributed by atoms with Crippen LogP contribution in [0.1, 0.15) is 37.7 Å². The third kappa shape index (κ3) is 4.24. The number of aryl methyl sites for hydroxylation is 1. The van der Waals surface area contributed by atoms with Gasteiger partial charge in [-0.05, 0) is 25.8 Å². The van der Waals surface area contributed by atoms with Gasteiger partial charge in [0.25, 0.3) is 5.56 Å². The zero-order chi connectivity index (χ0) is 18.7. The van der Waals surface area contributed by atoms with E-state index in [1.807, 2.05) is 0 Å². The largest absolute Gasteiger partial charge is 0.352 e. The summed E-state index contributed by atoms with van der Waals surface area (Å²) < 4.78 is 2.54. The summed E-state index contributed by atoms with van der Waals surface area (Å²) >= 11 is 0. The van der Waals surface area contributed by atoms with Crippen LogP contribution in [-0.4, -0.2) is 51.7 Å². The Morgan fingerprint density at radius 1 is 1.27 bits per heavy atom. The molecule has 0 radical (unpaired) electrons. The highest BCUT2D eigenvalue weighted by Crippen LogP contribution is 2.18. The molecule has 0 bridgehead atoms. The molecule has 1 amide bonds. The molecule has 3 rings (SSSR count). The van der Waals surface area contributed by atoms with Crippen molar-refractivity contribution in [3.8, 4) is 0 Å². The molecule has 2 aliphatic rings. The molecule has 1 aromatic rings. The molecule has 26 heavy (non-hydrogen) atoms. The molecular formula is C18H29N5O3. The molecule has 0 spiro atoms. The van der Waals surface area contributed by atoms with Crippen LogP contribution >= 0.6 is 0 Å². The maximum absolute atomic E-state index is 12.5. The van der Waals surface area contributed by atoms with E-state index in [0.717, 1.165) is 36.9 Å². The Labute approximate surface area is 153 Å². The topological polar surface area (TPSA) is 88.4 Å². The molecule has 1 aromatic heterocycles. The molecule has 1 aliphatic heterocycles. The predicted molar refractivity (Wildman–Crippen MR) is 99.0 cm³/mol. The van der Waals surface area contributed by atoms with Crippen molar-refractivity contribution in [3.05, 3.63) is 32.6 Å². The first-order valence-corrected chi connectivity index (χ1v) is 9.45. The molecule has 144 valence electrons. The number of rotatable bonds is 6. The summed E-state index contributed by atoms with van der Waals surface area (Å²) in [5, 5.41) is 6.45. The Kier molecular flexibility index (Phi) is 5.93. The Morgan fingerprint density at radius 2 is 2.00 bits per heavy atom. The zero-order valence-electron chi connectivity index (χ0n) is 15.7. The van der Waals surface area contributed by atoms with Crippen molar-refractivity contribution >= 4 is 5.91 Å². The SMILES string of the molecule is Cn1cc(CN(CC(=O)NC2CCCC2)C2CCNC2)c(=O)n(C)c1=O. The van der Waals surface area contributed by atoms with Gasteiger partial charge in [0.15, 0.2) is 0 Å². The molecule has 1 saturated heterocycles. The van der Waals surface area contributed by atoms with Crippen molar-refractivity contribution < 1.29 is 4.79 Å². The summed E-state index contributed by atoms with van der Waals surface area (Å²) in [6, 6.07) is 0.503. The van der Waals surface area contributed by atoms with E-state index >= 15 is 0 Å². The molecule has 1 unspecified atom stereocenters. The number of hydrogen-bond donors (Lipinski definition) is 2. The molecular weight excluding hydrogens is 334 g/mol. The fourth-order valence-electron chi connectivity index (χ4n) is 4.00. The second-order valence-electron chi connectivity index (χ2n) is 7.51. The van der Waals surface area contributed by atoms with Crippen molar-refractivity contribution in [2.75, 3.05) is 19.6 Å². The summed E-state index contributed by atoms with van der Waals surface area (Å²) in [6.07, 6.45) is 7.00. The van der Waals surface area contributed by atoms with Crippen LogP contribution in [0.2, 0.25) is 0 Å². The number of amides is 1. The average Bonchev–Trinajstić information content (AvgIpc) is 3.30. The zero-order valence-corrected chi connectivity index (χ0v) is 15.7. The van der Waals surface area contributed by atoms with Crippen LogP contribution in [0.3, 0.4) is 0 Å². The number of carbonyl (C=O) groups is 1. The van der Waals surface area contributed by atoms with Gasteiger partial charge in [-0.2, -0.15) is 0 Å². The van der Waals surface area contributed by atoms with Crippen LogP contribution in [0.25, 0.3) is 0 Å². The highest BCUT2D eigenvalue weighted by atomic mass is 16.2. The van der Waals surface area contributed by atoms with Gasteiger partial charge in [0.05, 0.1) is 6.54 Å². The molecule has 8 nitrogen and oxygen atoms in total. The molecule has 2 fully saturated rings. The third-order valence-electron chi connectivity index (χ3n) is 5.51. The van der Waals surface area contributed by atoms with Gasteiger partial charge in [-0.3, -0.25) is 19.1 Å². The van der Waals surface area contributed by atoms with Gasteiger partial charge in [0.1, 0.15) is 0 Å². The minimum atomic E-state index is -0.341. The van der Waals surface area contributed by atoms with E-state index in [-0.39, 0.29) is 35.8 Å².